The zero-order chi connectivity index (χ0) is 19.1. The van der Waals surface area contributed by atoms with E-state index in [1.807, 2.05) is 11.9 Å². The number of fused-ring (bicyclic) bond motifs is 2. The molecule has 1 N–H and O–H groups in total. The number of rotatable bonds is 2. The van der Waals surface area contributed by atoms with Gasteiger partial charge >= 0.3 is 0 Å². The number of hydrogen-bond donors (Lipinski definition) is 1. The molecule has 2 aliphatic rings. The second-order valence-corrected chi connectivity index (χ2v) is 7.72. The number of carbonyl (C=O) groups excluding carboxylic acids is 2. The molecule has 2 amide bonds. The van der Waals surface area contributed by atoms with Gasteiger partial charge in [-0.2, -0.15) is 0 Å². The van der Waals surface area contributed by atoms with Crippen LogP contribution >= 0.6 is 23.2 Å². The monoisotopic (exact) mass is 403 g/mol. The number of anilines is 2. The molecule has 0 aliphatic carbocycles. The molecule has 1 saturated heterocycles. The third-order valence-corrected chi connectivity index (χ3v) is 5.97. The van der Waals surface area contributed by atoms with Crippen LogP contribution in [0.2, 0.25) is 10.0 Å². The number of nitrogens with zero attached hydrogens (tertiary/aromatic N) is 2. The Balaban J connectivity index is 1.62. The van der Waals surface area contributed by atoms with Crippen molar-refractivity contribution in [3.8, 4) is 0 Å². The van der Waals surface area contributed by atoms with E-state index < -0.39 is 0 Å². The van der Waals surface area contributed by atoms with Gasteiger partial charge in [-0.25, -0.2) is 0 Å². The van der Waals surface area contributed by atoms with Crippen molar-refractivity contribution >= 4 is 46.4 Å². The van der Waals surface area contributed by atoms with Gasteiger partial charge in [-0.1, -0.05) is 23.2 Å². The van der Waals surface area contributed by atoms with Crippen molar-refractivity contribution in [2.24, 2.45) is 0 Å². The fourth-order valence-electron chi connectivity index (χ4n) is 3.79. The Labute approximate surface area is 167 Å². The normalized spacial score (nSPS) is 18.8. The summed E-state index contributed by atoms with van der Waals surface area (Å²) >= 11 is 11.9. The number of carbonyl (C=O) groups is 2. The van der Waals surface area contributed by atoms with E-state index in [4.69, 9.17) is 23.2 Å². The molecule has 2 aliphatic heterocycles. The molecule has 140 valence electrons. The molecule has 0 aromatic heterocycles. The van der Waals surface area contributed by atoms with E-state index in [0.717, 1.165) is 31.5 Å². The molecule has 0 radical (unpaired) electrons. The van der Waals surface area contributed by atoms with Crippen LogP contribution in [0.4, 0.5) is 11.4 Å². The van der Waals surface area contributed by atoms with Gasteiger partial charge in [0.25, 0.3) is 11.8 Å². The zero-order valence-corrected chi connectivity index (χ0v) is 16.3. The summed E-state index contributed by atoms with van der Waals surface area (Å²) in [5, 5.41) is 3.63. The van der Waals surface area contributed by atoms with Gasteiger partial charge in [-0.05, 0) is 55.7 Å². The first-order valence-corrected chi connectivity index (χ1v) is 9.65. The Kier molecular flexibility index (Phi) is 4.74. The van der Waals surface area contributed by atoms with E-state index >= 15 is 0 Å². The molecule has 0 spiro atoms. The Morgan fingerprint density at radius 2 is 1.93 bits per heavy atom. The van der Waals surface area contributed by atoms with Crippen molar-refractivity contribution in [2.75, 3.05) is 23.8 Å². The van der Waals surface area contributed by atoms with Gasteiger partial charge in [0.2, 0.25) is 0 Å². The quantitative estimate of drug-likeness (QED) is 0.793. The minimum absolute atomic E-state index is 0.0456. The third-order valence-electron chi connectivity index (χ3n) is 5.23. The molecule has 2 heterocycles. The van der Waals surface area contributed by atoms with E-state index in [0.29, 0.717) is 26.9 Å². The summed E-state index contributed by atoms with van der Waals surface area (Å²) in [6, 6.07) is 10.1. The molecular formula is C20H19Cl2N3O2. The highest BCUT2D eigenvalue weighted by molar-refractivity contribution is 6.42. The lowest BCUT2D eigenvalue weighted by Gasteiger charge is -2.46. The van der Waals surface area contributed by atoms with Crippen molar-refractivity contribution in [1.82, 2.24) is 4.90 Å². The van der Waals surface area contributed by atoms with Crippen LogP contribution in [0.3, 0.4) is 0 Å². The van der Waals surface area contributed by atoms with Gasteiger partial charge in [-0.3, -0.25) is 9.59 Å². The maximum Gasteiger partial charge on any atom is 0.257 e. The van der Waals surface area contributed by atoms with Gasteiger partial charge in [-0.15, -0.1) is 0 Å². The van der Waals surface area contributed by atoms with Crippen LogP contribution in [-0.2, 0) is 0 Å². The lowest BCUT2D eigenvalue weighted by atomic mass is 9.97. The summed E-state index contributed by atoms with van der Waals surface area (Å²) in [4.78, 5) is 29.5. The van der Waals surface area contributed by atoms with Crippen molar-refractivity contribution in [3.63, 3.8) is 0 Å². The summed E-state index contributed by atoms with van der Waals surface area (Å²) in [6.45, 7) is 0.785. The van der Waals surface area contributed by atoms with E-state index in [2.05, 4.69) is 10.2 Å². The number of piperidine rings is 1. The first-order valence-electron chi connectivity index (χ1n) is 8.90. The molecule has 4 rings (SSSR count). The van der Waals surface area contributed by atoms with Crippen LogP contribution in [0.15, 0.2) is 36.4 Å². The SMILES string of the molecule is CN1c2cc(C(=O)Nc3ccc(Cl)c(Cl)c3)ccc2C(=O)N2CCCCC21. The predicted octanol–water partition coefficient (Wildman–Crippen LogP) is 4.65. The summed E-state index contributed by atoms with van der Waals surface area (Å²) < 4.78 is 0. The minimum atomic E-state index is -0.261. The van der Waals surface area contributed by atoms with Gasteiger partial charge < -0.3 is 15.1 Å². The van der Waals surface area contributed by atoms with E-state index in [-0.39, 0.29) is 18.0 Å². The number of amides is 2. The van der Waals surface area contributed by atoms with Crippen LogP contribution in [0.1, 0.15) is 40.0 Å². The summed E-state index contributed by atoms with van der Waals surface area (Å²) in [5.74, 6) is -0.215. The molecule has 1 unspecified atom stereocenters. The molecule has 0 bridgehead atoms. The van der Waals surface area contributed by atoms with Gasteiger partial charge in [0, 0.05) is 24.8 Å². The molecule has 2 aromatic rings. The Hall–Kier alpha value is -2.24. The number of halogens is 2. The molecule has 1 fully saturated rings. The fourth-order valence-corrected chi connectivity index (χ4v) is 4.09. The number of benzene rings is 2. The third kappa shape index (κ3) is 3.26. The largest absolute Gasteiger partial charge is 0.354 e. The van der Waals surface area contributed by atoms with Crippen molar-refractivity contribution < 1.29 is 9.59 Å². The topological polar surface area (TPSA) is 52.7 Å². The molecule has 5 nitrogen and oxygen atoms in total. The van der Waals surface area contributed by atoms with Crippen molar-refractivity contribution in [2.45, 2.75) is 25.4 Å². The Morgan fingerprint density at radius 1 is 1.11 bits per heavy atom. The van der Waals surface area contributed by atoms with Crippen LogP contribution in [0.25, 0.3) is 0 Å². The van der Waals surface area contributed by atoms with Crippen molar-refractivity contribution in [3.05, 3.63) is 57.6 Å². The minimum Gasteiger partial charge on any atom is -0.354 e. The highest BCUT2D eigenvalue weighted by atomic mass is 35.5. The van der Waals surface area contributed by atoms with Crippen LogP contribution < -0.4 is 10.2 Å². The van der Waals surface area contributed by atoms with Gasteiger partial charge in [0.15, 0.2) is 0 Å². The molecule has 7 heteroatoms. The fraction of sp³-hybridized carbons (Fsp3) is 0.300. The average Bonchev–Trinajstić information content (AvgIpc) is 2.68. The summed E-state index contributed by atoms with van der Waals surface area (Å²) in [6.07, 6.45) is 3.15. The first kappa shape index (κ1) is 18.1. The number of hydrogen-bond acceptors (Lipinski definition) is 3. The van der Waals surface area contributed by atoms with Gasteiger partial charge in [0.05, 0.1) is 21.3 Å². The zero-order valence-electron chi connectivity index (χ0n) is 14.8. The van der Waals surface area contributed by atoms with E-state index in [9.17, 15) is 9.59 Å². The molecule has 27 heavy (non-hydrogen) atoms. The number of nitrogens with one attached hydrogen (secondary N) is 1. The van der Waals surface area contributed by atoms with Crippen LogP contribution in [0.5, 0.6) is 0 Å². The summed E-state index contributed by atoms with van der Waals surface area (Å²) in [5.41, 5.74) is 2.49. The second-order valence-electron chi connectivity index (χ2n) is 6.90. The maximum atomic E-state index is 12.8. The maximum absolute atomic E-state index is 12.8. The van der Waals surface area contributed by atoms with Gasteiger partial charge in [0.1, 0.15) is 6.17 Å². The van der Waals surface area contributed by atoms with Crippen LogP contribution in [0, 0.1) is 0 Å². The smallest absolute Gasteiger partial charge is 0.257 e. The lowest BCUT2D eigenvalue weighted by molar-refractivity contribution is 0.0589. The molecule has 1 atom stereocenters. The van der Waals surface area contributed by atoms with Crippen LogP contribution in [-0.4, -0.2) is 36.5 Å². The molecule has 2 aromatic carbocycles. The standard InChI is InChI=1S/C20H19Cl2N3O2/c1-24-17-10-12(19(26)23-13-6-8-15(21)16(22)11-13)5-7-14(17)20(27)25-9-3-2-4-18(24)25/h5-8,10-11,18H,2-4,9H2,1H3,(H,23,26). The second kappa shape index (κ2) is 7.06. The molecule has 0 saturated carbocycles. The van der Waals surface area contributed by atoms with Crippen molar-refractivity contribution in [1.29, 1.82) is 0 Å². The first-order chi connectivity index (χ1) is 13.0. The predicted molar refractivity (Wildman–Crippen MR) is 108 cm³/mol. The highest BCUT2D eigenvalue weighted by Gasteiger charge is 2.37. The Morgan fingerprint density at radius 3 is 2.70 bits per heavy atom. The highest BCUT2D eigenvalue weighted by Crippen LogP contribution is 2.35. The Bertz CT molecular complexity index is 931. The average molecular weight is 404 g/mol. The lowest BCUT2D eigenvalue weighted by Crippen LogP contribution is -2.55. The van der Waals surface area contributed by atoms with E-state index in [1.165, 1.54) is 0 Å². The molecular weight excluding hydrogens is 385 g/mol. The van der Waals surface area contributed by atoms with E-state index in [1.54, 1.807) is 36.4 Å². The summed E-state index contributed by atoms with van der Waals surface area (Å²) in [7, 11) is 1.98.